The molecule has 0 atom stereocenters. The van der Waals surface area contributed by atoms with Crippen molar-refractivity contribution in [3.8, 4) is 5.75 Å². The third-order valence-electron chi connectivity index (χ3n) is 4.92. The lowest BCUT2D eigenvalue weighted by Gasteiger charge is -2.26. The van der Waals surface area contributed by atoms with E-state index in [0.717, 1.165) is 24.4 Å². The molecule has 1 fully saturated rings. The normalized spacial score (nSPS) is 14.4. The van der Waals surface area contributed by atoms with E-state index in [4.69, 9.17) is 16.3 Å². The summed E-state index contributed by atoms with van der Waals surface area (Å²) < 4.78 is 5.87. The molecular formula is C23H30ClN3O2S. The minimum Gasteiger partial charge on any atom is -0.494 e. The van der Waals surface area contributed by atoms with Crippen LogP contribution < -0.4 is 10.1 Å². The second kappa shape index (κ2) is 12.8. The highest BCUT2D eigenvalue weighted by molar-refractivity contribution is 7.99. The van der Waals surface area contributed by atoms with E-state index in [1.807, 2.05) is 18.2 Å². The van der Waals surface area contributed by atoms with Gasteiger partial charge in [0.2, 0.25) is 5.91 Å². The fourth-order valence-electron chi connectivity index (χ4n) is 3.43. The molecule has 1 aromatic heterocycles. The quantitative estimate of drug-likeness (QED) is 0.405. The first-order chi connectivity index (χ1) is 14.7. The molecule has 0 bridgehead atoms. The number of hydrogen-bond donors (Lipinski definition) is 1. The molecule has 0 aliphatic carbocycles. The number of halogens is 1. The van der Waals surface area contributed by atoms with Crippen LogP contribution in [0.1, 0.15) is 36.9 Å². The summed E-state index contributed by atoms with van der Waals surface area (Å²) in [5.41, 5.74) is 2.19. The lowest BCUT2D eigenvalue weighted by Crippen LogP contribution is -2.29. The molecule has 162 valence electrons. The van der Waals surface area contributed by atoms with E-state index in [0.29, 0.717) is 29.8 Å². The van der Waals surface area contributed by atoms with Gasteiger partial charge in [0.1, 0.15) is 10.9 Å². The SMILES string of the molecule is O=C(CSCc1cccc(Cl)n1)NCCCOc1cccc(CN2CCCCC2)c1. The van der Waals surface area contributed by atoms with Crippen LogP contribution in [0.25, 0.3) is 0 Å². The summed E-state index contributed by atoms with van der Waals surface area (Å²) in [4.78, 5) is 18.7. The summed E-state index contributed by atoms with van der Waals surface area (Å²) in [7, 11) is 0. The van der Waals surface area contributed by atoms with E-state index >= 15 is 0 Å². The van der Waals surface area contributed by atoms with Gasteiger partial charge in [0.25, 0.3) is 0 Å². The van der Waals surface area contributed by atoms with Gasteiger partial charge in [0.05, 0.1) is 18.1 Å². The van der Waals surface area contributed by atoms with Gasteiger partial charge in [-0.25, -0.2) is 4.98 Å². The minimum absolute atomic E-state index is 0.0329. The first-order valence-corrected chi connectivity index (χ1v) is 12.1. The predicted molar refractivity (Wildman–Crippen MR) is 124 cm³/mol. The maximum atomic E-state index is 11.9. The summed E-state index contributed by atoms with van der Waals surface area (Å²) in [6.45, 7) is 4.59. The van der Waals surface area contributed by atoms with Crippen LogP contribution in [0, 0.1) is 0 Å². The number of amides is 1. The van der Waals surface area contributed by atoms with Gasteiger partial charge in [-0.15, -0.1) is 11.8 Å². The van der Waals surface area contributed by atoms with Gasteiger partial charge in [0.15, 0.2) is 0 Å². The largest absolute Gasteiger partial charge is 0.494 e. The van der Waals surface area contributed by atoms with Gasteiger partial charge < -0.3 is 10.1 Å². The molecule has 1 saturated heterocycles. The Morgan fingerprint density at radius 2 is 2.00 bits per heavy atom. The van der Waals surface area contributed by atoms with Crippen LogP contribution in [0.3, 0.4) is 0 Å². The molecule has 1 aliphatic heterocycles. The number of benzene rings is 1. The van der Waals surface area contributed by atoms with Crippen molar-refractivity contribution in [2.45, 2.75) is 38.0 Å². The van der Waals surface area contributed by atoms with Crippen molar-refractivity contribution >= 4 is 29.3 Å². The van der Waals surface area contributed by atoms with Crippen LogP contribution in [0.4, 0.5) is 0 Å². The van der Waals surface area contributed by atoms with Crippen LogP contribution in [-0.2, 0) is 17.1 Å². The Morgan fingerprint density at radius 3 is 2.83 bits per heavy atom. The summed E-state index contributed by atoms with van der Waals surface area (Å²) in [5.74, 6) is 2.02. The maximum absolute atomic E-state index is 11.9. The number of thioether (sulfide) groups is 1. The maximum Gasteiger partial charge on any atom is 0.230 e. The summed E-state index contributed by atoms with van der Waals surface area (Å²) in [6, 6.07) is 13.9. The predicted octanol–water partition coefficient (Wildman–Crippen LogP) is 4.54. The topological polar surface area (TPSA) is 54.5 Å². The van der Waals surface area contributed by atoms with Crippen molar-refractivity contribution in [1.29, 1.82) is 0 Å². The standard InChI is InChI=1S/C23H30ClN3O2S/c24-22-10-5-8-20(26-22)17-30-18-23(28)25-11-6-14-29-21-9-4-7-19(15-21)16-27-12-2-1-3-13-27/h4-5,7-10,15H,1-3,6,11-14,16-18H2,(H,25,28). The molecule has 2 heterocycles. The molecule has 0 saturated carbocycles. The zero-order chi connectivity index (χ0) is 21.0. The molecule has 0 radical (unpaired) electrons. The van der Waals surface area contributed by atoms with Crippen molar-refractivity contribution in [2.75, 3.05) is 32.0 Å². The number of carbonyl (C=O) groups is 1. The molecule has 0 spiro atoms. The Bertz CT molecular complexity index is 800. The fourth-order valence-corrected chi connectivity index (χ4v) is 4.37. The van der Waals surface area contributed by atoms with Gasteiger partial charge in [-0.2, -0.15) is 0 Å². The molecule has 0 unspecified atom stereocenters. The molecule has 7 heteroatoms. The lowest BCUT2D eigenvalue weighted by atomic mass is 10.1. The number of hydrogen-bond acceptors (Lipinski definition) is 5. The fraction of sp³-hybridized carbons (Fsp3) is 0.478. The van der Waals surface area contributed by atoms with Crippen LogP contribution >= 0.6 is 23.4 Å². The van der Waals surface area contributed by atoms with Crippen LogP contribution in [0.2, 0.25) is 5.15 Å². The average Bonchev–Trinajstić information content (AvgIpc) is 2.75. The lowest BCUT2D eigenvalue weighted by molar-refractivity contribution is -0.118. The van der Waals surface area contributed by atoms with Gasteiger partial charge >= 0.3 is 0 Å². The second-order valence-electron chi connectivity index (χ2n) is 7.48. The smallest absolute Gasteiger partial charge is 0.230 e. The zero-order valence-electron chi connectivity index (χ0n) is 17.3. The van der Waals surface area contributed by atoms with Crippen LogP contribution in [0.15, 0.2) is 42.5 Å². The van der Waals surface area contributed by atoms with Gasteiger partial charge in [-0.05, 0) is 62.2 Å². The number of carbonyl (C=O) groups excluding carboxylic acids is 1. The molecule has 1 N–H and O–H groups in total. The molecule has 3 rings (SSSR count). The highest BCUT2D eigenvalue weighted by Crippen LogP contribution is 2.18. The number of pyridine rings is 1. The van der Waals surface area contributed by atoms with Crippen molar-refractivity contribution in [3.63, 3.8) is 0 Å². The summed E-state index contributed by atoms with van der Waals surface area (Å²) in [6.07, 6.45) is 4.74. The Labute approximate surface area is 188 Å². The van der Waals surface area contributed by atoms with E-state index in [2.05, 4.69) is 33.4 Å². The first-order valence-electron chi connectivity index (χ1n) is 10.6. The van der Waals surface area contributed by atoms with Gasteiger partial charge in [-0.1, -0.05) is 36.2 Å². The highest BCUT2D eigenvalue weighted by atomic mass is 35.5. The van der Waals surface area contributed by atoms with E-state index < -0.39 is 0 Å². The number of ether oxygens (including phenoxy) is 1. The van der Waals surface area contributed by atoms with Gasteiger partial charge in [-0.3, -0.25) is 9.69 Å². The van der Waals surface area contributed by atoms with E-state index in [1.165, 1.54) is 49.7 Å². The average molecular weight is 448 g/mol. The third-order valence-corrected chi connectivity index (χ3v) is 6.10. The zero-order valence-corrected chi connectivity index (χ0v) is 18.9. The van der Waals surface area contributed by atoms with Crippen molar-refractivity contribution in [1.82, 2.24) is 15.2 Å². The molecule has 30 heavy (non-hydrogen) atoms. The molecule has 1 amide bonds. The Balaban J connectivity index is 1.26. The third kappa shape index (κ3) is 8.54. The summed E-state index contributed by atoms with van der Waals surface area (Å²) in [5, 5.41) is 3.42. The molecule has 1 aromatic carbocycles. The minimum atomic E-state index is 0.0329. The number of piperidine rings is 1. The van der Waals surface area contributed by atoms with Crippen molar-refractivity contribution in [3.05, 3.63) is 58.9 Å². The van der Waals surface area contributed by atoms with Gasteiger partial charge in [0, 0.05) is 18.8 Å². The number of rotatable bonds is 11. The Hall–Kier alpha value is -1.76. The number of nitrogens with one attached hydrogen (secondary N) is 1. The number of likely N-dealkylation sites (tertiary alicyclic amines) is 1. The van der Waals surface area contributed by atoms with E-state index in [-0.39, 0.29) is 5.91 Å². The molecule has 1 aliphatic rings. The second-order valence-corrected chi connectivity index (χ2v) is 8.85. The number of nitrogens with zero attached hydrogens (tertiary/aromatic N) is 2. The Kier molecular flexibility index (Phi) is 9.80. The van der Waals surface area contributed by atoms with Crippen molar-refractivity contribution in [2.24, 2.45) is 0 Å². The van der Waals surface area contributed by atoms with E-state index in [1.54, 1.807) is 6.07 Å². The molecule has 2 aromatic rings. The van der Waals surface area contributed by atoms with Crippen LogP contribution in [-0.4, -0.2) is 47.8 Å². The number of aromatic nitrogens is 1. The summed E-state index contributed by atoms with van der Waals surface area (Å²) >= 11 is 7.40. The monoisotopic (exact) mass is 447 g/mol. The molecular weight excluding hydrogens is 418 g/mol. The van der Waals surface area contributed by atoms with Crippen molar-refractivity contribution < 1.29 is 9.53 Å². The molecule has 5 nitrogen and oxygen atoms in total. The van der Waals surface area contributed by atoms with E-state index in [9.17, 15) is 4.79 Å². The Morgan fingerprint density at radius 1 is 1.17 bits per heavy atom. The first kappa shape index (κ1) is 22.9. The van der Waals surface area contributed by atoms with Crippen LogP contribution in [0.5, 0.6) is 5.75 Å². The highest BCUT2D eigenvalue weighted by Gasteiger charge is 2.10.